The lowest BCUT2D eigenvalue weighted by Gasteiger charge is -2.04. The Morgan fingerprint density at radius 2 is 2.27 bits per heavy atom. The van der Waals surface area contributed by atoms with E-state index in [1.807, 2.05) is 6.92 Å². The van der Waals surface area contributed by atoms with Gasteiger partial charge >= 0.3 is 0 Å². The summed E-state index contributed by atoms with van der Waals surface area (Å²) in [6, 6.07) is 0.564. The fraction of sp³-hybridized carbons (Fsp3) is 0.600. The van der Waals surface area contributed by atoms with E-state index in [-0.39, 0.29) is 0 Å². The summed E-state index contributed by atoms with van der Waals surface area (Å²) < 4.78 is 0. The lowest BCUT2D eigenvalue weighted by molar-refractivity contribution is 0.594. The molecule has 0 aromatic carbocycles. The van der Waals surface area contributed by atoms with Crippen LogP contribution in [0.5, 0.6) is 0 Å². The van der Waals surface area contributed by atoms with Crippen molar-refractivity contribution in [3.8, 4) is 12.3 Å². The van der Waals surface area contributed by atoms with Crippen LogP contribution in [0.25, 0.3) is 0 Å². The molecule has 1 heteroatoms. The van der Waals surface area contributed by atoms with Crippen LogP contribution in [0.4, 0.5) is 0 Å². The number of terminal acetylenes is 1. The zero-order valence-electron chi connectivity index (χ0n) is 7.65. The van der Waals surface area contributed by atoms with Gasteiger partial charge in [-0.1, -0.05) is 25.8 Å². The van der Waals surface area contributed by atoms with E-state index in [0.29, 0.717) is 6.04 Å². The molecule has 0 saturated heterocycles. The molecule has 0 atom stereocenters. The molecule has 0 aliphatic heterocycles. The van der Waals surface area contributed by atoms with Crippen molar-refractivity contribution in [2.45, 2.75) is 33.2 Å². The minimum atomic E-state index is 0.564. The van der Waals surface area contributed by atoms with Crippen LogP contribution in [-0.2, 0) is 0 Å². The average Bonchev–Trinajstić information content (AvgIpc) is 1.97. The van der Waals surface area contributed by atoms with Crippen LogP contribution in [0.3, 0.4) is 0 Å². The highest BCUT2D eigenvalue weighted by molar-refractivity contribution is 5.22. The molecule has 0 radical (unpaired) electrons. The fourth-order valence-corrected chi connectivity index (χ4v) is 0.720. The molecule has 0 unspecified atom stereocenters. The highest BCUT2D eigenvalue weighted by Crippen LogP contribution is 1.91. The third-order valence-electron chi connectivity index (χ3n) is 1.38. The van der Waals surface area contributed by atoms with Crippen molar-refractivity contribution >= 4 is 0 Å². The molecule has 1 N–H and O–H groups in total. The SMILES string of the molecule is C#CC(C)=CCCNC(C)C. The summed E-state index contributed by atoms with van der Waals surface area (Å²) in [5.74, 6) is 2.59. The van der Waals surface area contributed by atoms with Crippen molar-refractivity contribution in [1.82, 2.24) is 5.32 Å². The molecule has 0 aromatic heterocycles. The van der Waals surface area contributed by atoms with Crippen molar-refractivity contribution < 1.29 is 0 Å². The van der Waals surface area contributed by atoms with Crippen LogP contribution in [-0.4, -0.2) is 12.6 Å². The standard InChI is InChI=1S/C10H17N/c1-5-10(4)7-6-8-11-9(2)3/h1,7,9,11H,6,8H2,2-4H3. The Labute approximate surface area is 69.9 Å². The first kappa shape index (κ1) is 10.3. The van der Waals surface area contributed by atoms with Gasteiger partial charge in [0.1, 0.15) is 0 Å². The van der Waals surface area contributed by atoms with Gasteiger partial charge in [-0.05, 0) is 25.5 Å². The maximum atomic E-state index is 5.18. The van der Waals surface area contributed by atoms with Crippen molar-refractivity contribution in [3.63, 3.8) is 0 Å². The molecule has 0 amide bonds. The van der Waals surface area contributed by atoms with Gasteiger partial charge in [0, 0.05) is 6.04 Å². The highest BCUT2D eigenvalue weighted by Gasteiger charge is 1.88. The van der Waals surface area contributed by atoms with Crippen molar-refractivity contribution in [3.05, 3.63) is 11.6 Å². The molecule has 0 fully saturated rings. The smallest absolute Gasteiger partial charge is 0.00105 e. The summed E-state index contributed by atoms with van der Waals surface area (Å²) >= 11 is 0. The summed E-state index contributed by atoms with van der Waals surface area (Å²) in [4.78, 5) is 0. The van der Waals surface area contributed by atoms with Crippen LogP contribution in [0, 0.1) is 12.3 Å². The van der Waals surface area contributed by atoms with E-state index < -0.39 is 0 Å². The molecule has 0 spiro atoms. The van der Waals surface area contributed by atoms with Gasteiger partial charge in [0.25, 0.3) is 0 Å². The second kappa shape index (κ2) is 6.00. The van der Waals surface area contributed by atoms with Gasteiger partial charge in [0.15, 0.2) is 0 Å². The van der Waals surface area contributed by atoms with E-state index in [1.165, 1.54) is 0 Å². The molecule has 0 aliphatic rings. The number of hydrogen-bond donors (Lipinski definition) is 1. The summed E-state index contributed by atoms with van der Waals surface area (Å²) in [6.07, 6.45) is 8.28. The quantitative estimate of drug-likeness (QED) is 0.478. The maximum absolute atomic E-state index is 5.18. The molecule has 0 saturated carbocycles. The monoisotopic (exact) mass is 151 g/mol. The zero-order valence-corrected chi connectivity index (χ0v) is 7.65. The minimum absolute atomic E-state index is 0.564. The Morgan fingerprint density at radius 1 is 1.64 bits per heavy atom. The summed E-state index contributed by atoms with van der Waals surface area (Å²) in [5.41, 5.74) is 1.02. The van der Waals surface area contributed by atoms with Crippen molar-refractivity contribution in [2.24, 2.45) is 0 Å². The van der Waals surface area contributed by atoms with E-state index in [0.717, 1.165) is 18.5 Å². The molecular formula is C10H17N. The van der Waals surface area contributed by atoms with E-state index in [9.17, 15) is 0 Å². The van der Waals surface area contributed by atoms with Crippen LogP contribution < -0.4 is 5.32 Å². The van der Waals surface area contributed by atoms with Gasteiger partial charge in [0.05, 0.1) is 0 Å². The zero-order chi connectivity index (χ0) is 8.69. The van der Waals surface area contributed by atoms with Crippen molar-refractivity contribution in [2.75, 3.05) is 6.54 Å². The Morgan fingerprint density at radius 3 is 2.73 bits per heavy atom. The first-order valence-electron chi connectivity index (χ1n) is 4.03. The lowest BCUT2D eigenvalue weighted by atomic mass is 10.2. The molecule has 62 valence electrons. The highest BCUT2D eigenvalue weighted by atomic mass is 14.9. The Kier molecular flexibility index (Phi) is 5.60. The molecule has 0 bridgehead atoms. The molecule has 0 aromatic rings. The first-order valence-corrected chi connectivity index (χ1v) is 4.03. The topological polar surface area (TPSA) is 12.0 Å². The Hall–Kier alpha value is -0.740. The second-order valence-electron chi connectivity index (χ2n) is 2.93. The third kappa shape index (κ3) is 7.15. The average molecular weight is 151 g/mol. The largest absolute Gasteiger partial charge is 0.314 e. The number of allylic oxidation sites excluding steroid dienone is 1. The Balaban J connectivity index is 3.36. The minimum Gasteiger partial charge on any atom is -0.314 e. The van der Waals surface area contributed by atoms with E-state index in [1.54, 1.807) is 0 Å². The molecule has 0 heterocycles. The van der Waals surface area contributed by atoms with Crippen LogP contribution in [0.2, 0.25) is 0 Å². The number of nitrogens with one attached hydrogen (secondary N) is 1. The van der Waals surface area contributed by atoms with E-state index in [4.69, 9.17) is 6.42 Å². The van der Waals surface area contributed by atoms with Crippen LogP contribution >= 0.6 is 0 Å². The van der Waals surface area contributed by atoms with Gasteiger partial charge in [-0.15, -0.1) is 6.42 Å². The van der Waals surface area contributed by atoms with Gasteiger partial charge in [-0.3, -0.25) is 0 Å². The first-order chi connectivity index (χ1) is 5.16. The molecular weight excluding hydrogens is 134 g/mol. The normalized spacial score (nSPS) is 11.7. The summed E-state index contributed by atoms with van der Waals surface area (Å²) in [6.45, 7) is 7.24. The lowest BCUT2D eigenvalue weighted by Crippen LogP contribution is -2.23. The van der Waals surface area contributed by atoms with Gasteiger partial charge in [-0.25, -0.2) is 0 Å². The van der Waals surface area contributed by atoms with Crippen LogP contribution in [0.15, 0.2) is 11.6 Å². The van der Waals surface area contributed by atoms with E-state index >= 15 is 0 Å². The number of hydrogen-bond acceptors (Lipinski definition) is 1. The van der Waals surface area contributed by atoms with Crippen LogP contribution in [0.1, 0.15) is 27.2 Å². The molecule has 11 heavy (non-hydrogen) atoms. The number of rotatable bonds is 4. The predicted octanol–water partition coefficient (Wildman–Crippen LogP) is 1.95. The summed E-state index contributed by atoms with van der Waals surface area (Å²) in [5, 5.41) is 3.31. The molecule has 0 aliphatic carbocycles. The predicted molar refractivity (Wildman–Crippen MR) is 50.3 cm³/mol. The maximum Gasteiger partial charge on any atom is 0.00105 e. The third-order valence-corrected chi connectivity index (χ3v) is 1.38. The van der Waals surface area contributed by atoms with E-state index in [2.05, 4.69) is 31.2 Å². The van der Waals surface area contributed by atoms with Gasteiger partial charge in [-0.2, -0.15) is 0 Å². The summed E-state index contributed by atoms with van der Waals surface area (Å²) in [7, 11) is 0. The molecule has 1 nitrogen and oxygen atoms in total. The van der Waals surface area contributed by atoms with Crippen molar-refractivity contribution in [1.29, 1.82) is 0 Å². The Bertz CT molecular complexity index is 160. The second-order valence-corrected chi connectivity index (χ2v) is 2.93. The molecule has 0 rings (SSSR count). The van der Waals surface area contributed by atoms with Gasteiger partial charge in [0.2, 0.25) is 0 Å². The fourth-order valence-electron chi connectivity index (χ4n) is 0.720. The van der Waals surface area contributed by atoms with Gasteiger partial charge < -0.3 is 5.32 Å².